The van der Waals surface area contributed by atoms with Crippen molar-refractivity contribution in [3.63, 3.8) is 0 Å². The second-order valence-corrected chi connectivity index (χ2v) is 6.35. The predicted molar refractivity (Wildman–Crippen MR) is 68.5 cm³/mol. The molecule has 0 aliphatic rings. The molecule has 5 nitrogen and oxygen atoms in total. The zero-order valence-corrected chi connectivity index (χ0v) is 11.7. The molecule has 0 fully saturated rings. The van der Waals surface area contributed by atoms with Crippen molar-refractivity contribution in [2.75, 3.05) is 25.4 Å². The summed E-state index contributed by atoms with van der Waals surface area (Å²) in [5.41, 5.74) is 0. The molecule has 0 aromatic rings. The van der Waals surface area contributed by atoms with Crippen LogP contribution in [-0.4, -0.2) is 58.0 Å². The Morgan fingerprint density at radius 3 is 2.31 bits per heavy atom. The number of hydrogen-bond acceptors (Lipinski definition) is 6. The third-order valence-electron chi connectivity index (χ3n) is 2.03. The monoisotopic (exact) mass is 286 g/mol. The van der Waals surface area contributed by atoms with E-state index in [1.54, 1.807) is 0 Å². The Labute approximate surface area is 106 Å². The van der Waals surface area contributed by atoms with Crippen LogP contribution in [0.1, 0.15) is 13.8 Å². The van der Waals surface area contributed by atoms with Gasteiger partial charge in [0.2, 0.25) is 0 Å². The SMILES string of the molecule is CCN(CC)C(=S)SCC(CO)S(=O)(=O)[O-]. The van der Waals surface area contributed by atoms with Crippen molar-refractivity contribution in [2.24, 2.45) is 0 Å². The predicted octanol–water partition coefficient (Wildman–Crippen LogP) is 0.252. The Hall–Kier alpha value is 0.110. The number of nitrogens with zero attached hydrogens (tertiary/aromatic N) is 1. The third kappa shape index (κ3) is 5.44. The highest BCUT2D eigenvalue weighted by molar-refractivity contribution is 8.23. The molecule has 0 aromatic heterocycles. The van der Waals surface area contributed by atoms with Gasteiger partial charge >= 0.3 is 0 Å². The summed E-state index contributed by atoms with van der Waals surface area (Å²) < 4.78 is 32.6. The molecule has 0 spiro atoms. The van der Waals surface area contributed by atoms with Gasteiger partial charge in [-0.1, -0.05) is 24.0 Å². The summed E-state index contributed by atoms with van der Waals surface area (Å²) in [6.45, 7) is 4.67. The molecule has 0 bridgehead atoms. The van der Waals surface area contributed by atoms with E-state index in [9.17, 15) is 13.0 Å². The zero-order chi connectivity index (χ0) is 12.8. The van der Waals surface area contributed by atoms with Gasteiger partial charge < -0.3 is 14.6 Å². The fourth-order valence-electron chi connectivity index (χ4n) is 0.965. The van der Waals surface area contributed by atoms with Crippen LogP contribution in [0.2, 0.25) is 0 Å². The van der Waals surface area contributed by atoms with E-state index in [-0.39, 0.29) is 5.75 Å². The molecular weight excluding hydrogens is 270 g/mol. The minimum atomic E-state index is -4.45. The van der Waals surface area contributed by atoms with Gasteiger partial charge in [0, 0.05) is 18.8 Å². The van der Waals surface area contributed by atoms with E-state index in [2.05, 4.69) is 0 Å². The maximum atomic E-state index is 10.7. The van der Waals surface area contributed by atoms with Gasteiger partial charge in [0.25, 0.3) is 0 Å². The molecule has 0 radical (unpaired) electrons. The van der Waals surface area contributed by atoms with E-state index in [4.69, 9.17) is 17.3 Å². The molecule has 16 heavy (non-hydrogen) atoms. The Balaban J connectivity index is 4.28. The topological polar surface area (TPSA) is 80.7 Å². The molecule has 0 heterocycles. The van der Waals surface area contributed by atoms with E-state index >= 15 is 0 Å². The molecule has 0 amide bonds. The van der Waals surface area contributed by atoms with Crippen LogP contribution in [0, 0.1) is 0 Å². The summed E-state index contributed by atoms with van der Waals surface area (Å²) >= 11 is 6.18. The molecule has 0 saturated heterocycles. The first-order valence-electron chi connectivity index (χ1n) is 4.84. The van der Waals surface area contributed by atoms with Crippen LogP contribution in [0.4, 0.5) is 0 Å². The van der Waals surface area contributed by atoms with Gasteiger partial charge in [0.1, 0.15) is 14.4 Å². The van der Waals surface area contributed by atoms with Crippen molar-refractivity contribution in [3.8, 4) is 0 Å². The molecule has 1 N–H and O–H groups in total. The van der Waals surface area contributed by atoms with Gasteiger partial charge in [-0.05, 0) is 13.8 Å². The van der Waals surface area contributed by atoms with Gasteiger partial charge in [-0.15, -0.1) is 0 Å². The zero-order valence-electron chi connectivity index (χ0n) is 9.25. The first-order valence-corrected chi connectivity index (χ1v) is 7.70. The van der Waals surface area contributed by atoms with Crippen molar-refractivity contribution in [1.29, 1.82) is 0 Å². The first-order chi connectivity index (χ1) is 7.36. The van der Waals surface area contributed by atoms with Crippen molar-refractivity contribution in [1.82, 2.24) is 4.90 Å². The fraction of sp³-hybridized carbons (Fsp3) is 0.875. The maximum absolute atomic E-state index is 10.7. The third-order valence-corrected chi connectivity index (χ3v) is 5.06. The lowest BCUT2D eigenvalue weighted by atomic mass is 10.5. The number of aliphatic hydroxyl groups is 1. The number of rotatable bonds is 6. The summed E-state index contributed by atoms with van der Waals surface area (Å²) in [5.74, 6) is -0.00231. The molecule has 0 aliphatic heterocycles. The minimum Gasteiger partial charge on any atom is -0.748 e. The minimum absolute atomic E-state index is 0.00231. The highest BCUT2D eigenvalue weighted by Crippen LogP contribution is 2.14. The smallest absolute Gasteiger partial charge is 0.136 e. The maximum Gasteiger partial charge on any atom is 0.136 e. The highest BCUT2D eigenvalue weighted by atomic mass is 32.2. The molecule has 1 atom stereocenters. The summed E-state index contributed by atoms with van der Waals surface area (Å²) in [7, 11) is -4.45. The van der Waals surface area contributed by atoms with Gasteiger partial charge in [0.15, 0.2) is 0 Å². The molecule has 0 aliphatic carbocycles. The van der Waals surface area contributed by atoms with Gasteiger partial charge in [-0.25, -0.2) is 8.42 Å². The fourth-order valence-corrected chi connectivity index (χ4v) is 3.35. The Kier molecular flexibility index (Phi) is 7.49. The van der Waals surface area contributed by atoms with Crippen LogP contribution >= 0.6 is 24.0 Å². The van der Waals surface area contributed by atoms with Crippen molar-refractivity contribution >= 4 is 38.4 Å². The Bertz CT molecular complexity index is 313. The van der Waals surface area contributed by atoms with Gasteiger partial charge in [-0.3, -0.25) is 0 Å². The van der Waals surface area contributed by atoms with Crippen LogP contribution in [0.25, 0.3) is 0 Å². The van der Waals surface area contributed by atoms with Crippen molar-refractivity contribution < 1.29 is 18.1 Å². The average molecular weight is 286 g/mol. The van der Waals surface area contributed by atoms with E-state index in [1.165, 1.54) is 0 Å². The van der Waals surface area contributed by atoms with Gasteiger partial charge in [0.05, 0.1) is 11.9 Å². The molecular formula is C8H16NO4S3-. The summed E-state index contributed by atoms with van der Waals surface area (Å²) in [5, 5.41) is 7.49. The lowest BCUT2D eigenvalue weighted by Gasteiger charge is -2.23. The molecule has 1 unspecified atom stereocenters. The van der Waals surface area contributed by atoms with Gasteiger partial charge in [-0.2, -0.15) is 0 Å². The largest absolute Gasteiger partial charge is 0.748 e. The normalized spacial score (nSPS) is 13.5. The average Bonchev–Trinajstić information content (AvgIpc) is 2.18. The van der Waals surface area contributed by atoms with Crippen molar-refractivity contribution in [2.45, 2.75) is 19.1 Å². The van der Waals surface area contributed by atoms with Crippen LogP contribution < -0.4 is 0 Å². The van der Waals surface area contributed by atoms with Crippen LogP contribution in [0.15, 0.2) is 0 Å². The molecule has 8 heteroatoms. The number of thiocarbonyl (C=S) groups is 1. The van der Waals surface area contributed by atoms with Crippen molar-refractivity contribution in [3.05, 3.63) is 0 Å². The second-order valence-electron chi connectivity index (χ2n) is 3.05. The summed E-state index contributed by atoms with van der Waals surface area (Å²) in [6.07, 6.45) is 0. The summed E-state index contributed by atoms with van der Waals surface area (Å²) in [6, 6.07) is 0. The van der Waals surface area contributed by atoms with E-state index < -0.39 is 22.0 Å². The Morgan fingerprint density at radius 1 is 1.50 bits per heavy atom. The first kappa shape index (κ1) is 16.1. The summed E-state index contributed by atoms with van der Waals surface area (Å²) in [4.78, 5) is 1.88. The Morgan fingerprint density at radius 2 is 2.00 bits per heavy atom. The molecule has 0 rings (SSSR count). The number of thioether (sulfide) groups is 1. The van der Waals surface area contributed by atoms with Crippen LogP contribution in [-0.2, 0) is 10.1 Å². The van der Waals surface area contributed by atoms with E-state index in [1.807, 2.05) is 18.7 Å². The lowest BCUT2D eigenvalue weighted by Crippen LogP contribution is -2.31. The van der Waals surface area contributed by atoms with Crippen LogP contribution in [0.5, 0.6) is 0 Å². The molecule has 96 valence electrons. The quantitative estimate of drug-likeness (QED) is 0.554. The molecule has 0 saturated carbocycles. The number of hydrogen-bond donors (Lipinski definition) is 1. The number of aliphatic hydroxyl groups excluding tert-OH is 1. The van der Waals surface area contributed by atoms with E-state index in [0.29, 0.717) is 4.32 Å². The highest BCUT2D eigenvalue weighted by Gasteiger charge is 2.17. The van der Waals surface area contributed by atoms with Crippen LogP contribution in [0.3, 0.4) is 0 Å². The van der Waals surface area contributed by atoms with E-state index in [0.717, 1.165) is 24.9 Å². The second kappa shape index (κ2) is 7.44. The lowest BCUT2D eigenvalue weighted by molar-refractivity contribution is 0.289. The standard InChI is InChI=1S/C8H17NO4S3/c1-3-9(4-2)8(14)15-6-7(5-10)16(11,12)13/h7,10H,3-6H2,1-2H3,(H,11,12,13)/p-1. The molecule has 0 aromatic carbocycles.